The molecule has 1 atom stereocenters. The second-order valence-corrected chi connectivity index (χ2v) is 9.69. The number of halogens is 2. The number of nitrogens with one attached hydrogen (secondary N) is 1. The van der Waals surface area contributed by atoms with E-state index in [-0.39, 0.29) is 5.02 Å². The largest absolute Gasteiger partial charge is 0.504 e. The minimum absolute atomic E-state index is 0.0385. The first-order valence-corrected chi connectivity index (χ1v) is 12.2. The number of benzene rings is 2. The average molecular weight is 462 g/mol. The summed E-state index contributed by atoms with van der Waals surface area (Å²) in [6.07, 6.45) is 5.47. The van der Waals surface area contributed by atoms with Gasteiger partial charge in [-0.05, 0) is 67.7 Å². The molecule has 1 unspecified atom stereocenters. The number of phenols is 1. The second-order valence-electron chi connectivity index (χ2n) is 7.93. The van der Waals surface area contributed by atoms with Crippen LogP contribution in [0.1, 0.15) is 12.8 Å². The van der Waals surface area contributed by atoms with Gasteiger partial charge >= 0.3 is 0 Å². The van der Waals surface area contributed by atoms with Gasteiger partial charge in [0.1, 0.15) is 0 Å². The molecule has 1 aliphatic heterocycles. The van der Waals surface area contributed by atoms with Gasteiger partial charge in [-0.15, -0.1) is 0 Å². The first-order chi connectivity index (χ1) is 14.9. The Labute approximate surface area is 188 Å². The SMILES string of the molecule is CNCC1CCN(c2c(S(C)=O)cnc3ccc(-c4cc(F)c(O)c(Cl)c4)cc23)CC1. The van der Waals surface area contributed by atoms with Crippen molar-refractivity contribution >= 4 is 39.0 Å². The lowest BCUT2D eigenvalue weighted by Crippen LogP contribution is -2.37. The summed E-state index contributed by atoms with van der Waals surface area (Å²) in [5.74, 6) is -0.694. The lowest BCUT2D eigenvalue weighted by Gasteiger charge is -2.35. The van der Waals surface area contributed by atoms with E-state index in [1.807, 2.05) is 25.2 Å². The minimum atomic E-state index is -1.20. The number of hydrogen-bond acceptors (Lipinski definition) is 5. The summed E-state index contributed by atoms with van der Waals surface area (Å²) in [6, 6.07) is 8.47. The molecule has 8 heteroatoms. The molecule has 0 amide bonds. The van der Waals surface area contributed by atoms with Crippen molar-refractivity contribution in [1.82, 2.24) is 10.3 Å². The number of aromatic hydroxyl groups is 1. The fourth-order valence-corrected chi connectivity index (χ4v) is 5.18. The smallest absolute Gasteiger partial charge is 0.170 e. The van der Waals surface area contributed by atoms with Crippen LogP contribution in [0.15, 0.2) is 41.4 Å². The summed E-state index contributed by atoms with van der Waals surface area (Å²) in [6.45, 7) is 2.74. The Morgan fingerprint density at radius 2 is 2.00 bits per heavy atom. The lowest BCUT2D eigenvalue weighted by atomic mass is 9.95. The maximum atomic E-state index is 14.1. The number of aromatic nitrogens is 1. The molecule has 1 saturated heterocycles. The van der Waals surface area contributed by atoms with Crippen molar-refractivity contribution in [3.05, 3.63) is 47.4 Å². The minimum Gasteiger partial charge on any atom is -0.504 e. The van der Waals surface area contributed by atoms with Crippen LogP contribution in [-0.4, -0.2) is 47.2 Å². The number of hydrogen-bond donors (Lipinski definition) is 2. The summed E-state index contributed by atoms with van der Waals surface area (Å²) in [4.78, 5) is 7.51. The van der Waals surface area contributed by atoms with E-state index in [9.17, 15) is 13.7 Å². The molecule has 5 nitrogen and oxygen atoms in total. The van der Waals surface area contributed by atoms with E-state index in [0.29, 0.717) is 16.4 Å². The van der Waals surface area contributed by atoms with Gasteiger partial charge in [0.15, 0.2) is 11.6 Å². The highest BCUT2D eigenvalue weighted by Crippen LogP contribution is 2.38. The monoisotopic (exact) mass is 461 g/mol. The Kier molecular flexibility index (Phi) is 6.46. The van der Waals surface area contributed by atoms with Crippen LogP contribution in [0.4, 0.5) is 10.1 Å². The highest BCUT2D eigenvalue weighted by atomic mass is 35.5. The van der Waals surface area contributed by atoms with Gasteiger partial charge in [0.25, 0.3) is 0 Å². The summed E-state index contributed by atoms with van der Waals surface area (Å²) in [7, 11) is 0.771. The molecular weight excluding hydrogens is 437 g/mol. The van der Waals surface area contributed by atoms with Crippen LogP contribution in [-0.2, 0) is 10.8 Å². The normalized spacial score (nSPS) is 16.1. The van der Waals surface area contributed by atoms with Crippen molar-refractivity contribution in [2.24, 2.45) is 5.92 Å². The van der Waals surface area contributed by atoms with Gasteiger partial charge in [-0.2, -0.15) is 0 Å². The summed E-state index contributed by atoms with van der Waals surface area (Å²) < 4.78 is 26.6. The number of nitrogens with zero attached hydrogens (tertiary/aromatic N) is 2. The maximum absolute atomic E-state index is 14.1. The van der Waals surface area contributed by atoms with Crippen LogP contribution in [0.25, 0.3) is 22.0 Å². The van der Waals surface area contributed by atoms with Gasteiger partial charge in [-0.1, -0.05) is 17.7 Å². The molecular formula is C23H25ClFN3O2S. The molecule has 2 N–H and O–H groups in total. The molecule has 0 radical (unpaired) electrons. The van der Waals surface area contributed by atoms with Crippen LogP contribution < -0.4 is 10.2 Å². The standard InChI is InChI=1S/C23H25ClFN3O2S/c1-26-12-14-5-7-28(8-6-14)22-17-9-15(16-10-18(24)23(29)19(25)11-16)3-4-20(17)27-13-21(22)31(2)30/h3-4,9-11,13-14,26,29H,5-8,12H2,1-2H3. The molecule has 0 bridgehead atoms. The van der Waals surface area contributed by atoms with E-state index in [0.717, 1.165) is 54.6 Å². The van der Waals surface area contributed by atoms with Crippen molar-refractivity contribution in [2.75, 3.05) is 37.8 Å². The predicted molar refractivity (Wildman–Crippen MR) is 125 cm³/mol. The van der Waals surface area contributed by atoms with Crippen LogP contribution >= 0.6 is 11.6 Å². The molecule has 31 heavy (non-hydrogen) atoms. The van der Waals surface area contributed by atoms with E-state index in [1.54, 1.807) is 18.5 Å². The number of phenolic OH excluding ortho intramolecular Hbond substituents is 1. The van der Waals surface area contributed by atoms with E-state index in [1.165, 1.54) is 6.07 Å². The van der Waals surface area contributed by atoms with Crippen molar-refractivity contribution in [3.8, 4) is 16.9 Å². The molecule has 0 aliphatic carbocycles. The molecule has 1 fully saturated rings. The third-order valence-electron chi connectivity index (χ3n) is 5.89. The molecule has 1 aromatic heterocycles. The average Bonchev–Trinajstić information content (AvgIpc) is 2.76. The van der Waals surface area contributed by atoms with Crippen LogP contribution in [0.5, 0.6) is 5.75 Å². The number of piperidine rings is 1. The highest BCUT2D eigenvalue weighted by molar-refractivity contribution is 7.84. The third kappa shape index (κ3) is 4.40. The fourth-order valence-electron chi connectivity index (χ4n) is 4.26. The maximum Gasteiger partial charge on any atom is 0.170 e. The molecule has 164 valence electrons. The van der Waals surface area contributed by atoms with E-state index >= 15 is 0 Å². The predicted octanol–water partition coefficient (Wildman–Crippen LogP) is 4.57. The zero-order valence-electron chi connectivity index (χ0n) is 17.5. The first kappa shape index (κ1) is 22.0. The molecule has 4 rings (SSSR count). The van der Waals surface area contributed by atoms with Crippen molar-refractivity contribution in [2.45, 2.75) is 17.7 Å². The van der Waals surface area contributed by atoms with Gasteiger partial charge < -0.3 is 15.3 Å². The lowest BCUT2D eigenvalue weighted by molar-refractivity contribution is 0.393. The van der Waals surface area contributed by atoms with E-state index in [2.05, 4.69) is 15.2 Å². The zero-order chi connectivity index (χ0) is 22.1. The molecule has 3 aromatic rings. The summed E-state index contributed by atoms with van der Waals surface area (Å²) in [5, 5.41) is 13.8. The van der Waals surface area contributed by atoms with Crippen molar-refractivity contribution in [3.63, 3.8) is 0 Å². The Morgan fingerprint density at radius 3 is 2.65 bits per heavy atom. The molecule has 1 aliphatic rings. The molecule has 2 aromatic carbocycles. The van der Waals surface area contributed by atoms with Gasteiger partial charge in [-0.3, -0.25) is 9.19 Å². The van der Waals surface area contributed by atoms with Gasteiger partial charge in [0.2, 0.25) is 0 Å². The van der Waals surface area contributed by atoms with Gasteiger partial charge in [-0.25, -0.2) is 4.39 Å². The fraction of sp³-hybridized carbons (Fsp3) is 0.348. The second kappa shape index (κ2) is 9.10. The zero-order valence-corrected chi connectivity index (χ0v) is 19.1. The molecule has 2 heterocycles. The Balaban J connectivity index is 1.83. The molecule has 0 spiro atoms. The topological polar surface area (TPSA) is 65.5 Å². The van der Waals surface area contributed by atoms with E-state index < -0.39 is 22.4 Å². The summed E-state index contributed by atoms with van der Waals surface area (Å²) >= 11 is 5.99. The van der Waals surface area contributed by atoms with Crippen LogP contribution in [0, 0.1) is 11.7 Å². The Morgan fingerprint density at radius 1 is 1.26 bits per heavy atom. The number of fused-ring (bicyclic) bond motifs is 1. The van der Waals surface area contributed by atoms with Crippen molar-refractivity contribution in [1.29, 1.82) is 0 Å². The van der Waals surface area contributed by atoms with E-state index in [4.69, 9.17) is 11.6 Å². The first-order valence-electron chi connectivity index (χ1n) is 10.2. The third-order valence-corrected chi connectivity index (χ3v) is 7.10. The van der Waals surface area contributed by atoms with Crippen LogP contribution in [0.2, 0.25) is 5.02 Å². The number of anilines is 1. The van der Waals surface area contributed by atoms with Gasteiger partial charge in [0, 0.05) is 30.9 Å². The van der Waals surface area contributed by atoms with Gasteiger partial charge in [0.05, 0.1) is 31.9 Å². The molecule has 0 saturated carbocycles. The quantitative estimate of drug-likeness (QED) is 0.582. The number of rotatable bonds is 5. The number of pyridine rings is 1. The van der Waals surface area contributed by atoms with Crippen LogP contribution in [0.3, 0.4) is 0 Å². The summed E-state index contributed by atoms with van der Waals surface area (Å²) in [5.41, 5.74) is 3.03. The van der Waals surface area contributed by atoms with Crippen molar-refractivity contribution < 1.29 is 13.7 Å². The highest BCUT2D eigenvalue weighted by Gasteiger charge is 2.24. The Bertz CT molecular complexity index is 1130. The Hall–Kier alpha value is -2.22.